The number of carbonyl (C=O) groups excluding carboxylic acids is 2. The fourth-order valence-electron chi connectivity index (χ4n) is 3.56. The molecule has 178 valence electrons. The smallest absolute Gasteiger partial charge is 0.268 e. The fourth-order valence-corrected chi connectivity index (χ4v) is 4.57. The number of carbonyl (C=O) groups is 2. The van der Waals surface area contributed by atoms with Gasteiger partial charge in [-0.15, -0.1) is 5.10 Å². The Morgan fingerprint density at radius 3 is 2.69 bits per heavy atom. The monoisotopic (exact) mass is 519 g/mol. The molecule has 1 N–H and O–H groups in total. The Balaban J connectivity index is 1.40. The molecule has 2 aromatic heterocycles. The number of amides is 2. The number of aromatic nitrogens is 6. The molecule has 9 nitrogen and oxygen atoms in total. The van der Waals surface area contributed by atoms with E-state index in [2.05, 4.69) is 25.7 Å². The SMILES string of the molecule is O=C1S/C(=C\c2ccc3c(c2)nnn3Cc2ccc(Cl)cc2C(F)(F)F)C(=O)N1Cc1cn[nH]n1. The number of H-pyrrole nitrogens is 1. The van der Waals surface area contributed by atoms with E-state index in [0.717, 1.165) is 22.7 Å². The van der Waals surface area contributed by atoms with Crippen molar-refractivity contribution in [2.45, 2.75) is 19.3 Å². The number of nitrogens with zero attached hydrogens (tertiary/aromatic N) is 6. The Bertz CT molecular complexity index is 1480. The number of aromatic amines is 1. The minimum Gasteiger partial charge on any atom is -0.268 e. The van der Waals surface area contributed by atoms with Crippen LogP contribution in [0, 0.1) is 0 Å². The molecule has 0 atom stereocenters. The number of imide groups is 1. The third kappa shape index (κ3) is 4.64. The van der Waals surface area contributed by atoms with Crippen molar-refractivity contribution in [3.8, 4) is 0 Å². The van der Waals surface area contributed by atoms with Gasteiger partial charge in [0.2, 0.25) is 0 Å². The highest BCUT2D eigenvalue weighted by Crippen LogP contribution is 2.35. The molecule has 14 heteroatoms. The van der Waals surface area contributed by atoms with Crippen molar-refractivity contribution in [2.24, 2.45) is 0 Å². The number of hydrogen-bond acceptors (Lipinski definition) is 7. The van der Waals surface area contributed by atoms with Crippen LogP contribution in [0.5, 0.6) is 0 Å². The Kier molecular flexibility index (Phi) is 5.81. The molecule has 4 aromatic rings. The van der Waals surface area contributed by atoms with Gasteiger partial charge < -0.3 is 0 Å². The first-order valence-electron chi connectivity index (χ1n) is 9.98. The van der Waals surface area contributed by atoms with Gasteiger partial charge in [-0.2, -0.15) is 28.6 Å². The lowest BCUT2D eigenvalue weighted by atomic mass is 10.1. The lowest BCUT2D eigenvalue weighted by Crippen LogP contribution is -2.27. The quantitative estimate of drug-likeness (QED) is 0.386. The number of nitrogens with one attached hydrogen (secondary N) is 1. The first kappa shape index (κ1) is 23.1. The number of thioether (sulfide) groups is 1. The predicted molar refractivity (Wildman–Crippen MR) is 121 cm³/mol. The second kappa shape index (κ2) is 8.82. The van der Waals surface area contributed by atoms with E-state index in [0.29, 0.717) is 22.3 Å². The number of benzene rings is 2. The standard InChI is InChI=1S/C21H13ClF3N7O2S/c22-13-3-2-12(15(7-13)21(23,24)25)9-32-17-4-1-11(5-16(17)28-30-32)6-18-19(33)31(20(34)35-18)10-14-8-26-29-27-14/h1-8H,9-10H2,(H,26,27,29)/b18-6-. The average Bonchev–Trinajstić information content (AvgIpc) is 3.52. The molecule has 0 aliphatic carbocycles. The summed E-state index contributed by atoms with van der Waals surface area (Å²) >= 11 is 6.55. The summed E-state index contributed by atoms with van der Waals surface area (Å²) < 4.78 is 41.7. The first-order valence-corrected chi connectivity index (χ1v) is 11.2. The predicted octanol–water partition coefficient (Wildman–Crippen LogP) is 4.51. The van der Waals surface area contributed by atoms with Gasteiger partial charge in [-0.1, -0.05) is 28.9 Å². The Morgan fingerprint density at radius 1 is 1.11 bits per heavy atom. The first-order chi connectivity index (χ1) is 16.7. The van der Waals surface area contributed by atoms with Crippen molar-refractivity contribution >= 4 is 51.6 Å². The van der Waals surface area contributed by atoms with Gasteiger partial charge in [0.1, 0.15) is 11.2 Å². The van der Waals surface area contributed by atoms with E-state index in [9.17, 15) is 22.8 Å². The van der Waals surface area contributed by atoms with Gasteiger partial charge in [0.25, 0.3) is 11.1 Å². The summed E-state index contributed by atoms with van der Waals surface area (Å²) in [5, 5.41) is 17.5. The molecule has 2 aromatic carbocycles. The van der Waals surface area contributed by atoms with Gasteiger partial charge in [-0.05, 0) is 53.2 Å². The number of rotatable bonds is 5. The average molecular weight is 520 g/mol. The topological polar surface area (TPSA) is 110 Å². The number of alkyl halides is 3. The van der Waals surface area contributed by atoms with Crippen LogP contribution in [0.2, 0.25) is 5.02 Å². The van der Waals surface area contributed by atoms with Crippen LogP contribution in [0.25, 0.3) is 17.1 Å². The van der Waals surface area contributed by atoms with Gasteiger partial charge in [0.15, 0.2) is 0 Å². The van der Waals surface area contributed by atoms with Crippen LogP contribution in [-0.4, -0.2) is 46.5 Å². The van der Waals surface area contributed by atoms with Crippen LogP contribution in [0.15, 0.2) is 47.5 Å². The van der Waals surface area contributed by atoms with Crippen molar-refractivity contribution in [3.63, 3.8) is 0 Å². The fraction of sp³-hybridized carbons (Fsp3) is 0.143. The zero-order valence-electron chi connectivity index (χ0n) is 17.5. The maximum absolute atomic E-state index is 13.4. The number of hydrogen-bond donors (Lipinski definition) is 1. The molecule has 0 unspecified atom stereocenters. The van der Waals surface area contributed by atoms with E-state index < -0.39 is 22.9 Å². The summed E-state index contributed by atoms with van der Waals surface area (Å²) in [5.41, 5.74) is 1.11. The summed E-state index contributed by atoms with van der Waals surface area (Å²) in [6.07, 6.45) is -1.60. The largest absolute Gasteiger partial charge is 0.416 e. The van der Waals surface area contributed by atoms with E-state index >= 15 is 0 Å². The second-order valence-electron chi connectivity index (χ2n) is 7.52. The van der Waals surface area contributed by atoms with Crippen molar-refractivity contribution in [2.75, 3.05) is 0 Å². The van der Waals surface area contributed by atoms with Crippen molar-refractivity contribution in [3.05, 3.63) is 74.9 Å². The Morgan fingerprint density at radius 2 is 1.94 bits per heavy atom. The molecule has 0 spiro atoms. The van der Waals surface area contributed by atoms with Crippen LogP contribution in [0.4, 0.5) is 18.0 Å². The van der Waals surface area contributed by atoms with E-state index in [-0.39, 0.29) is 28.6 Å². The lowest BCUT2D eigenvalue weighted by Gasteiger charge is -2.13. The third-order valence-electron chi connectivity index (χ3n) is 5.19. The summed E-state index contributed by atoms with van der Waals surface area (Å²) in [6, 6.07) is 8.52. The molecular weight excluding hydrogens is 507 g/mol. The molecule has 1 saturated heterocycles. The summed E-state index contributed by atoms with van der Waals surface area (Å²) in [5.74, 6) is -0.464. The molecule has 1 fully saturated rings. The molecule has 0 radical (unpaired) electrons. The summed E-state index contributed by atoms with van der Waals surface area (Å²) in [4.78, 5) is 26.2. The van der Waals surface area contributed by atoms with Crippen LogP contribution in [0.1, 0.15) is 22.4 Å². The van der Waals surface area contributed by atoms with Crippen LogP contribution < -0.4 is 0 Å². The minimum absolute atomic E-state index is 0.00133. The lowest BCUT2D eigenvalue weighted by molar-refractivity contribution is -0.138. The van der Waals surface area contributed by atoms with Crippen molar-refractivity contribution in [1.29, 1.82) is 0 Å². The van der Waals surface area contributed by atoms with Crippen molar-refractivity contribution < 1.29 is 22.8 Å². The molecular formula is C21H13ClF3N7O2S. The number of halogens is 4. The number of fused-ring (bicyclic) bond motifs is 1. The van der Waals surface area contributed by atoms with E-state index in [1.54, 1.807) is 24.3 Å². The highest BCUT2D eigenvalue weighted by atomic mass is 35.5. The zero-order chi connectivity index (χ0) is 24.7. The molecule has 5 rings (SSSR count). The van der Waals surface area contributed by atoms with E-state index in [1.165, 1.54) is 23.0 Å². The molecule has 2 amide bonds. The van der Waals surface area contributed by atoms with Crippen molar-refractivity contribution in [1.82, 2.24) is 35.3 Å². The van der Waals surface area contributed by atoms with E-state index in [1.807, 2.05) is 0 Å². The maximum Gasteiger partial charge on any atom is 0.416 e. The van der Waals surface area contributed by atoms with Gasteiger partial charge in [-0.3, -0.25) is 14.5 Å². The summed E-state index contributed by atoms with van der Waals surface area (Å²) in [7, 11) is 0. The van der Waals surface area contributed by atoms with Crippen LogP contribution >= 0.6 is 23.4 Å². The Hall–Kier alpha value is -3.71. The minimum atomic E-state index is -4.57. The van der Waals surface area contributed by atoms with Gasteiger partial charge >= 0.3 is 6.18 Å². The van der Waals surface area contributed by atoms with Gasteiger partial charge in [0.05, 0.1) is 35.3 Å². The van der Waals surface area contributed by atoms with Gasteiger partial charge in [0, 0.05) is 5.02 Å². The molecule has 1 aliphatic heterocycles. The van der Waals surface area contributed by atoms with Crippen LogP contribution in [-0.2, 0) is 24.1 Å². The Labute approximate surface area is 203 Å². The molecule has 0 bridgehead atoms. The van der Waals surface area contributed by atoms with Crippen LogP contribution in [0.3, 0.4) is 0 Å². The molecule has 3 heterocycles. The third-order valence-corrected chi connectivity index (χ3v) is 6.33. The van der Waals surface area contributed by atoms with Gasteiger partial charge in [-0.25, -0.2) is 4.68 Å². The van der Waals surface area contributed by atoms with E-state index in [4.69, 9.17) is 11.6 Å². The molecule has 35 heavy (non-hydrogen) atoms. The molecule has 0 saturated carbocycles. The molecule has 1 aliphatic rings. The zero-order valence-corrected chi connectivity index (χ0v) is 19.0. The highest BCUT2D eigenvalue weighted by Gasteiger charge is 2.36. The normalized spacial score (nSPS) is 15.7. The summed E-state index contributed by atoms with van der Waals surface area (Å²) in [6.45, 7) is -0.167. The second-order valence-corrected chi connectivity index (χ2v) is 8.95. The maximum atomic E-state index is 13.4. The highest BCUT2D eigenvalue weighted by molar-refractivity contribution is 8.18.